The maximum atomic E-state index is 13.3. The minimum atomic E-state index is -4.61. The van der Waals surface area contributed by atoms with Crippen molar-refractivity contribution in [3.05, 3.63) is 64.7 Å². The fourth-order valence-corrected chi connectivity index (χ4v) is 4.68. The molecule has 0 aliphatic heterocycles. The third-order valence-corrected chi connectivity index (χ3v) is 6.48. The van der Waals surface area contributed by atoms with Crippen molar-refractivity contribution in [2.45, 2.75) is 25.8 Å². The van der Waals surface area contributed by atoms with Crippen molar-refractivity contribution in [1.82, 2.24) is 5.32 Å². The molecule has 1 unspecified atom stereocenters. The van der Waals surface area contributed by atoms with Crippen LogP contribution in [0.4, 0.5) is 23.7 Å². The second kappa shape index (κ2) is 10.3. The van der Waals surface area contributed by atoms with Crippen LogP contribution in [-0.4, -0.2) is 19.2 Å². The van der Waals surface area contributed by atoms with E-state index in [2.05, 4.69) is 10.6 Å². The molecular formula is C19H21ClF3N2O4P. The molecule has 6 nitrogen and oxygen atoms in total. The van der Waals surface area contributed by atoms with E-state index in [-0.39, 0.29) is 23.9 Å². The van der Waals surface area contributed by atoms with Gasteiger partial charge in [-0.2, -0.15) is 13.2 Å². The standard InChI is InChI=1S/C19H21ClF3N2O4P/c1-3-28-30(27,29-4-2)17(13-8-6-5-7-9-13)25-18(26)24-16-12-14(19(21,22)23)10-11-15(16)20/h5-12,17H,3-4H2,1-2H3,(H2,24,25,26). The van der Waals surface area contributed by atoms with Crippen LogP contribution < -0.4 is 10.6 Å². The molecule has 0 saturated heterocycles. The molecule has 164 valence electrons. The van der Waals surface area contributed by atoms with E-state index in [1.807, 2.05) is 0 Å². The Morgan fingerprint density at radius 3 is 2.23 bits per heavy atom. The molecular weight excluding hydrogens is 444 g/mol. The number of carbonyl (C=O) groups is 1. The molecule has 2 rings (SSSR count). The first-order valence-corrected chi connectivity index (χ1v) is 11.0. The van der Waals surface area contributed by atoms with Gasteiger partial charge in [-0.05, 0) is 37.6 Å². The number of rotatable bonds is 8. The largest absolute Gasteiger partial charge is 0.416 e. The summed E-state index contributed by atoms with van der Waals surface area (Å²) in [6, 6.07) is 9.93. The van der Waals surface area contributed by atoms with Crippen molar-refractivity contribution < 1.29 is 31.6 Å². The lowest BCUT2D eigenvalue weighted by molar-refractivity contribution is -0.137. The van der Waals surface area contributed by atoms with Crippen LogP contribution in [0.15, 0.2) is 48.5 Å². The van der Waals surface area contributed by atoms with E-state index >= 15 is 0 Å². The Morgan fingerprint density at radius 2 is 1.70 bits per heavy atom. The van der Waals surface area contributed by atoms with Gasteiger partial charge in [0.2, 0.25) is 0 Å². The molecule has 1 atom stereocenters. The molecule has 2 N–H and O–H groups in total. The second-order valence-electron chi connectivity index (χ2n) is 5.98. The fraction of sp³-hybridized carbons (Fsp3) is 0.316. The highest BCUT2D eigenvalue weighted by Crippen LogP contribution is 2.59. The quantitative estimate of drug-likeness (QED) is 0.440. The number of carbonyl (C=O) groups excluding carboxylic acids is 1. The summed E-state index contributed by atoms with van der Waals surface area (Å²) in [5.74, 6) is -1.19. The lowest BCUT2D eigenvalue weighted by atomic mass is 10.2. The van der Waals surface area contributed by atoms with Gasteiger partial charge < -0.3 is 19.7 Å². The number of anilines is 1. The highest BCUT2D eigenvalue weighted by Gasteiger charge is 2.38. The Hall–Kier alpha value is -2.06. The van der Waals surface area contributed by atoms with E-state index < -0.39 is 31.1 Å². The van der Waals surface area contributed by atoms with Crippen LogP contribution >= 0.6 is 19.2 Å². The highest BCUT2D eigenvalue weighted by molar-refractivity contribution is 7.54. The average Bonchev–Trinajstić information content (AvgIpc) is 2.68. The van der Waals surface area contributed by atoms with E-state index in [0.717, 1.165) is 12.1 Å². The van der Waals surface area contributed by atoms with Crippen LogP contribution in [0.1, 0.15) is 30.8 Å². The molecule has 0 aromatic heterocycles. The number of amides is 2. The molecule has 2 aromatic rings. The van der Waals surface area contributed by atoms with E-state index in [4.69, 9.17) is 20.6 Å². The van der Waals surface area contributed by atoms with Gasteiger partial charge in [-0.1, -0.05) is 41.9 Å². The number of hydrogen-bond acceptors (Lipinski definition) is 4. The number of halogens is 4. The van der Waals surface area contributed by atoms with Gasteiger partial charge in [0.25, 0.3) is 0 Å². The topological polar surface area (TPSA) is 76.7 Å². The van der Waals surface area contributed by atoms with Crippen LogP contribution in [-0.2, 0) is 19.8 Å². The summed E-state index contributed by atoms with van der Waals surface area (Å²) in [5, 5.41) is 4.65. The predicted molar refractivity (Wildman–Crippen MR) is 109 cm³/mol. The Balaban J connectivity index is 2.32. The Morgan fingerprint density at radius 1 is 1.10 bits per heavy atom. The van der Waals surface area contributed by atoms with Crippen molar-refractivity contribution in [3.63, 3.8) is 0 Å². The van der Waals surface area contributed by atoms with Crippen LogP contribution in [0.3, 0.4) is 0 Å². The zero-order valence-electron chi connectivity index (χ0n) is 16.2. The smallest absolute Gasteiger partial charge is 0.320 e. The molecule has 0 heterocycles. The first-order chi connectivity index (χ1) is 14.1. The van der Waals surface area contributed by atoms with Gasteiger partial charge in [0.1, 0.15) is 0 Å². The van der Waals surface area contributed by atoms with Gasteiger partial charge in [-0.3, -0.25) is 4.57 Å². The molecule has 30 heavy (non-hydrogen) atoms. The number of benzene rings is 2. The van der Waals surface area contributed by atoms with Crippen molar-refractivity contribution in [3.8, 4) is 0 Å². The van der Waals surface area contributed by atoms with Gasteiger partial charge in [-0.15, -0.1) is 0 Å². The van der Waals surface area contributed by atoms with Gasteiger partial charge in [0.05, 0.1) is 29.5 Å². The van der Waals surface area contributed by atoms with Crippen molar-refractivity contribution in [2.75, 3.05) is 18.5 Å². The normalized spacial score (nSPS) is 13.0. The first kappa shape index (κ1) is 24.2. The van der Waals surface area contributed by atoms with E-state index in [1.54, 1.807) is 44.2 Å². The van der Waals surface area contributed by atoms with E-state index in [9.17, 15) is 22.5 Å². The Labute approximate surface area is 177 Å². The highest BCUT2D eigenvalue weighted by atomic mass is 35.5. The number of urea groups is 1. The minimum Gasteiger partial charge on any atom is -0.320 e. The lowest BCUT2D eigenvalue weighted by Crippen LogP contribution is -2.33. The summed E-state index contributed by atoms with van der Waals surface area (Å²) in [7, 11) is -3.84. The van der Waals surface area contributed by atoms with Crippen molar-refractivity contribution >= 4 is 30.9 Å². The summed E-state index contributed by atoms with van der Waals surface area (Å²) in [6.45, 7) is 3.36. The Kier molecular flexibility index (Phi) is 8.32. The molecule has 0 spiro atoms. The maximum absolute atomic E-state index is 13.3. The van der Waals surface area contributed by atoms with Crippen LogP contribution in [0, 0.1) is 0 Å². The van der Waals surface area contributed by atoms with Gasteiger partial charge in [0, 0.05) is 0 Å². The van der Waals surface area contributed by atoms with E-state index in [0.29, 0.717) is 11.6 Å². The fourth-order valence-electron chi connectivity index (χ4n) is 2.61. The predicted octanol–water partition coefficient (Wildman–Crippen LogP) is 6.45. The second-order valence-corrected chi connectivity index (χ2v) is 8.50. The third kappa shape index (κ3) is 6.22. The number of hydrogen-bond donors (Lipinski definition) is 2. The number of alkyl halides is 3. The van der Waals surface area contributed by atoms with Gasteiger partial charge in [0.15, 0.2) is 5.78 Å². The molecule has 0 bridgehead atoms. The molecule has 0 aliphatic carbocycles. The molecule has 0 aliphatic rings. The number of nitrogens with one attached hydrogen (secondary N) is 2. The molecule has 0 radical (unpaired) electrons. The zero-order valence-corrected chi connectivity index (χ0v) is 17.9. The lowest BCUT2D eigenvalue weighted by Gasteiger charge is -2.27. The average molecular weight is 465 g/mol. The molecule has 2 amide bonds. The van der Waals surface area contributed by atoms with Crippen molar-refractivity contribution in [1.29, 1.82) is 0 Å². The maximum Gasteiger partial charge on any atom is 0.416 e. The summed E-state index contributed by atoms with van der Waals surface area (Å²) in [6.07, 6.45) is -4.61. The van der Waals surface area contributed by atoms with Crippen LogP contribution in [0.2, 0.25) is 5.02 Å². The van der Waals surface area contributed by atoms with Crippen molar-refractivity contribution in [2.24, 2.45) is 0 Å². The van der Waals surface area contributed by atoms with Gasteiger partial charge in [-0.25, -0.2) is 4.79 Å². The summed E-state index contributed by atoms with van der Waals surface area (Å²) in [4.78, 5) is 12.6. The molecule has 0 fully saturated rings. The Bertz CT molecular complexity index is 902. The summed E-state index contributed by atoms with van der Waals surface area (Å²) in [5.41, 5.74) is -0.789. The zero-order chi connectivity index (χ0) is 22.4. The summed E-state index contributed by atoms with van der Waals surface area (Å²) >= 11 is 5.92. The SMILES string of the molecule is CCOP(=O)(OCC)C(NC(=O)Nc1cc(C(F)(F)F)ccc1Cl)c1ccccc1. The molecule has 0 saturated carbocycles. The minimum absolute atomic E-state index is 0.0589. The first-order valence-electron chi connectivity index (χ1n) is 8.98. The van der Waals surface area contributed by atoms with Gasteiger partial charge >= 0.3 is 19.8 Å². The van der Waals surface area contributed by atoms with E-state index in [1.165, 1.54) is 0 Å². The summed E-state index contributed by atoms with van der Waals surface area (Å²) < 4.78 is 62.8. The van der Waals surface area contributed by atoms with Crippen LogP contribution in [0.25, 0.3) is 0 Å². The third-order valence-electron chi connectivity index (χ3n) is 3.86. The van der Waals surface area contributed by atoms with Crippen LogP contribution in [0.5, 0.6) is 0 Å². The molecule has 11 heteroatoms. The monoisotopic (exact) mass is 464 g/mol. The molecule has 2 aromatic carbocycles.